The van der Waals surface area contributed by atoms with Gasteiger partial charge in [0.1, 0.15) is 0 Å². The minimum Gasteiger partial charge on any atom is -0.324 e. The molecule has 16 heavy (non-hydrogen) atoms. The molecule has 1 rings (SSSR count). The van der Waals surface area contributed by atoms with E-state index in [9.17, 15) is 4.79 Å². The van der Waals surface area contributed by atoms with Gasteiger partial charge in [-0.15, -0.1) is 0 Å². The lowest BCUT2D eigenvalue weighted by Gasteiger charge is -2.13. The van der Waals surface area contributed by atoms with E-state index in [0.29, 0.717) is 6.42 Å². The van der Waals surface area contributed by atoms with E-state index in [-0.39, 0.29) is 5.91 Å². The number of para-hydroxylation sites is 1. The first-order valence-corrected chi connectivity index (χ1v) is 5.83. The molecule has 0 bridgehead atoms. The van der Waals surface area contributed by atoms with Gasteiger partial charge in [0, 0.05) is 5.69 Å². The normalized spacial score (nSPS) is 12.2. The first-order chi connectivity index (χ1) is 7.69. The van der Waals surface area contributed by atoms with E-state index in [1.54, 1.807) is 0 Å². The molecule has 0 aliphatic carbocycles. The fourth-order valence-electron chi connectivity index (χ4n) is 1.54. The molecule has 0 fully saturated rings. The molecule has 0 unspecified atom stereocenters. The Hall–Kier alpha value is -1.35. The van der Waals surface area contributed by atoms with Crippen LogP contribution in [0.25, 0.3) is 0 Å². The van der Waals surface area contributed by atoms with Crippen LogP contribution >= 0.6 is 0 Å². The summed E-state index contributed by atoms with van der Waals surface area (Å²) in [7, 11) is 0. The molecule has 0 saturated heterocycles. The minimum atomic E-state index is -0.422. The molecule has 0 aromatic heterocycles. The monoisotopic (exact) mass is 220 g/mol. The molecule has 1 aromatic carbocycles. The van der Waals surface area contributed by atoms with E-state index in [1.165, 1.54) is 5.56 Å². The minimum absolute atomic E-state index is 0.106. The van der Waals surface area contributed by atoms with Gasteiger partial charge in [0.25, 0.3) is 0 Å². The quantitative estimate of drug-likeness (QED) is 0.800. The lowest BCUT2D eigenvalue weighted by atomic mass is 10.1. The molecule has 0 aliphatic rings. The Morgan fingerprint density at radius 2 is 2.06 bits per heavy atom. The highest BCUT2D eigenvalue weighted by molar-refractivity contribution is 5.95. The average molecular weight is 220 g/mol. The predicted octanol–water partition coefficient (Wildman–Crippen LogP) is 2.31. The van der Waals surface area contributed by atoms with Crippen LogP contribution in [0.15, 0.2) is 24.3 Å². The summed E-state index contributed by atoms with van der Waals surface area (Å²) < 4.78 is 0. The second-order valence-electron chi connectivity index (χ2n) is 3.91. The second kappa shape index (κ2) is 6.28. The van der Waals surface area contributed by atoms with Crippen molar-refractivity contribution in [3.8, 4) is 0 Å². The molecule has 0 radical (unpaired) electrons. The maximum absolute atomic E-state index is 11.7. The zero-order valence-electron chi connectivity index (χ0n) is 9.99. The average Bonchev–Trinajstić information content (AvgIpc) is 2.31. The zero-order valence-corrected chi connectivity index (χ0v) is 9.99. The van der Waals surface area contributed by atoms with Crippen LogP contribution in [-0.4, -0.2) is 11.9 Å². The van der Waals surface area contributed by atoms with E-state index in [1.807, 2.05) is 31.2 Å². The van der Waals surface area contributed by atoms with Crippen LogP contribution in [0.5, 0.6) is 0 Å². The van der Waals surface area contributed by atoms with Gasteiger partial charge >= 0.3 is 0 Å². The van der Waals surface area contributed by atoms with Gasteiger partial charge in [0.2, 0.25) is 5.91 Å². The van der Waals surface area contributed by atoms with E-state index in [2.05, 4.69) is 12.2 Å². The van der Waals surface area contributed by atoms with Crippen LogP contribution in [-0.2, 0) is 11.2 Å². The largest absolute Gasteiger partial charge is 0.324 e. The molecular formula is C13H20N2O. The fraction of sp³-hybridized carbons (Fsp3) is 0.462. The summed E-state index contributed by atoms with van der Waals surface area (Å²) in [6, 6.07) is 7.45. The Bertz CT molecular complexity index is 350. The molecule has 0 saturated carbocycles. The number of rotatable bonds is 5. The molecular weight excluding hydrogens is 200 g/mol. The molecule has 1 aromatic rings. The highest BCUT2D eigenvalue weighted by atomic mass is 16.2. The molecule has 3 heteroatoms. The SMILES string of the molecule is CCCc1ccccc1NC(=O)[C@@H](N)CC. The number of hydrogen-bond donors (Lipinski definition) is 2. The summed E-state index contributed by atoms with van der Waals surface area (Å²) in [5, 5.41) is 2.88. The van der Waals surface area contributed by atoms with Crippen LogP contribution in [0.4, 0.5) is 5.69 Å². The van der Waals surface area contributed by atoms with Gasteiger partial charge in [-0.3, -0.25) is 4.79 Å². The number of nitrogens with one attached hydrogen (secondary N) is 1. The van der Waals surface area contributed by atoms with Crippen LogP contribution in [0, 0.1) is 0 Å². The highest BCUT2D eigenvalue weighted by Gasteiger charge is 2.12. The van der Waals surface area contributed by atoms with E-state index in [0.717, 1.165) is 18.5 Å². The first-order valence-electron chi connectivity index (χ1n) is 5.83. The number of anilines is 1. The maximum atomic E-state index is 11.7. The highest BCUT2D eigenvalue weighted by Crippen LogP contribution is 2.16. The van der Waals surface area contributed by atoms with Crippen LogP contribution in [0.1, 0.15) is 32.3 Å². The number of carbonyl (C=O) groups excluding carboxylic acids is 1. The van der Waals surface area contributed by atoms with Gasteiger partial charge in [-0.1, -0.05) is 38.5 Å². The van der Waals surface area contributed by atoms with Gasteiger partial charge in [-0.2, -0.15) is 0 Å². The van der Waals surface area contributed by atoms with Crippen molar-refractivity contribution < 1.29 is 4.79 Å². The number of benzene rings is 1. The number of amides is 1. The van der Waals surface area contributed by atoms with Crippen molar-refractivity contribution in [2.45, 2.75) is 39.2 Å². The van der Waals surface area contributed by atoms with Crippen LogP contribution in [0.3, 0.4) is 0 Å². The summed E-state index contributed by atoms with van der Waals surface area (Å²) >= 11 is 0. The Balaban J connectivity index is 2.76. The van der Waals surface area contributed by atoms with Gasteiger partial charge in [0.05, 0.1) is 6.04 Å². The van der Waals surface area contributed by atoms with Crippen molar-refractivity contribution in [2.75, 3.05) is 5.32 Å². The zero-order chi connectivity index (χ0) is 12.0. The summed E-state index contributed by atoms with van der Waals surface area (Å²) in [5.41, 5.74) is 7.73. The molecule has 3 N–H and O–H groups in total. The molecule has 0 spiro atoms. The smallest absolute Gasteiger partial charge is 0.241 e. The standard InChI is InChI=1S/C13H20N2O/c1-3-7-10-8-5-6-9-12(10)15-13(16)11(14)4-2/h5-6,8-9,11H,3-4,7,14H2,1-2H3,(H,15,16)/t11-/m0/s1. The van der Waals surface area contributed by atoms with Crippen molar-refractivity contribution >= 4 is 11.6 Å². The predicted molar refractivity (Wildman–Crippen MR) is 67.3 cm³/mol. The number of aryl methyl sites for hydroxylation is 1. The number of hydrogen-bond acceptors (Lipinski definition) is 2. The summed E-state index contributed by atoms with van der Waals surface area (Å²) in [4.78, 5) is 11.7. The van der Waals surface area contributed by atoms with Crippen molar-refractivity contribution in [3.05, 3.63) is 29.8 Å². The molecule has 3 nitrogen and oxygen atoms in total. The van der Waals surface area contributed by atoms with Crippen molar-refractivity contribution in [2.24, 2.45) is 5.73 Å². The third-order valence-corrected chi connectivity index (χ3v) is 2.57. The summed E-state index contributed by atoms with van der Waals surface area (Å²) in [6.45, 7) is 4.03. The molecule has 1 atom stereocenters. The lowest BCUT2D eigenvalue weighted by molar-refractivity contribution is -0.117. The lowest BCUT2D eigenvalue weighted by Crippen LogP contribution is -2.35. The van der Waals surface area contributed by atoms with E-state index in [4.69, 9.17) is 5.73 Å². The Kier molecular flexibility index (Phi) is 4.99. The van der Waals surface area contributed by atoms with Crippen molar-refractivity contribution in [1.29, 1.82) is 0 Å². The Morgan fingerprint density at radius 3 is 2.69 bits per heavy atom. The van der Waals surface area contributed by atoms with E-state index < -0.39 is 6.04 Å². The number of carbonyl (C=O) groups is 1. The van der Waals surface area contributed by atoms with Crippen LogP contribution < -0.4 is 11.1 Å². The topological polar surface area (TPSA) is 55.1 Å². The Labute approximate surface area is 97.0 Å². The van der Waals surface area contributed by atoms with Gasteiger partial charge < -0.3 is 11.1 Å². The van der Waals surface area contributed by atoms with E-state index >= 15 is 0 Å². The molecule has 88 valence electrons. The van der Waals surface area contributed by atoms with Crippen molar-refractivity contribution in [1.82, 2.24) is 0 Å². The fourth-order valence-corrected chi connectivity index (χ4v) is 1.54. The molecule has 0 heterocycles. The molecule has 1 amide bonds. The summed E-state index contributed by atoms with van der Waals surface area (Å²) in [6.07, 6.45) is 2.69. The van der Waals surface area contributed by atoms with Gasteiger partial charge in [0.15, 0.2) is 0 Å². The molecule has 0 aliphatic heterocycles. The maximum Gasteiger partial charge on any atom is 0.241 e. The van der Waals surface area contributed by atoms with Gasteiger partial charge in [-0.05, 0) is 24.5 Å². The second-order valence-corrected chi connectivity index (χ2v) is 3.91. The third kappa shape index (κ3) is 3.35. The number of nitrogens with two attached hydrogens (primary N) is 1. The van der Waals surface area contributed by atoms with Crippen molar-refractivity contribution in [3.63, 3.8) is 0 Å². The summed E-state index contributed by atoms with van der Waals surface area (Å²) in [5.74, 6) is -0.106. The first kappa shape index (κ1) is 12.7. The van der Waals surface area contributed by atoms with Crippen LogP contribution in [0.2, 0.25) is 0 Å². The third-order valence-electron chi connectivity index (χ3n) is 2.57. The Morgan fingerprint density at radius 1 is 1.38 bits per heavy atom. The van der Waals surface area contributed by atoms with Gasteiger partial charge in [-0.25, -0.2) is 0 Å².